The summed E-state index contributed by atoms with van der Waals surface area (Å²) in [5.41, 5.74) is 9.98. The molecule has 1 aliphatic rings. The number of likely N-dealkylation sites (tertiary alicyclic amines) is 1. The molecule has 1 aliphatic heterocycles. The highest BCUT2D eigenvalue weighted by molar-refractivity contribution is 5.92. The summed E-state index contributed by atoms with van der Waals surface area (Å²) < 4.78 is 0. The van der Waals surface area contributed by atoms with Gasteiger partial charge in [0.15, 0.2) is 0 Å². The normalized spacial score (nSPS) is 18.0. The summed E-state index contributed by atoms with van der Waals surface area (Å²) in [5.74, 6) is 0.673. The van der Waals surface area contributed by atoms with Crippen LogP contribution in [0.1, 0.15) is 33.6 Å². The number of carbonyl (C=O) groups is 1. The lowest BCUT2D eigenvalue weighted by atomic mass is 10.1. The number of aromatic amines is 1. The van der Waals surface area contributed by atoms with Crippen LogP contribution in [0.15, 0.2) is 24.3 Å². The number of anilines is 1. The van der Waals surface area contributed by atoms with Crippen LogP contribution in [-0.2, 0) is 6.54 Å². The van der Waals surface area contributed by atoms with Crippen molar-refractivity contribution in [1.82, 2.24) is 20.4 Å². The number of hydrogen-bond donors (Lipinski definition) is 3. The summed E-state index contributed by atoms with van der Waals surface area (Å²) >= 11 is 0. The Morgan fingerprint density at radius 3 is 3.00 bits per heavy atom. The topological polar surface area (TPSA) is 87.0 Å². The van der Waals surface area contributed by atoms with Gasteiger partial charge in [0.1, 0.15) is 11.5 Å². The molecule has 3 rings (SSSR count). The van der Waals surface area contributed by atoms with Crippen molar-refractivity contribution >= 4 is 11.7 Å². The number of hydrogen-bond acceptors (Lipinski definition) is 4. The fourth-order valence-electron chi connectivity index (χ4n) is 3.22. The molecule has 0 saturated carbocycles. The van der Waals surface area contributed by atoms with Crippen LogP contribution in [-0.4, -0.2) is 40.6 Å². The standard InChI is InChI=1S/C18H25N5O/c1-12-3-4-13(2)15(7-12)11-23-6-5-14(10-23)9-20-18(24)16-8-17(19)22-21-16/h3-4,7-8,14H,5-6,9-11H2,1-2H3,(H,20,24)(H3,19,21,22)/t14-/m0/s1. The maximum Gasteiger partial charge on any atom is 0.269 e. The van der Waals surface area contributed by atoms with Crippen molar-refractivity contribution in [2.45, 2.75) is 26.8 Å². The molecule has 1 aromatic heterocycles. The largest absolute Gasteiger partial charge is 0.382 e. The molecule has 6 nitrogen and oxygen atoms in total. The van der Waals surface area contributed by atoms with Gasteiger partial charge in [-0.15, -0.1) is 0 Å². The summed E-state index contributed by atoms with van der Waals surface area (Å²) in [6, 6.07) is 8.17. The van der Waals surface area contributed by atoms with Gasteiger partial charge in [-0.2, -0.15) is 5.10 Å². The summed E-state index contributed by atoms with van der Waals surface area (Å²) in [5, 5.41) is 9.38. The number of amides is 1. The molecule has 2 heterocycles. The first-order valence-electron chi connectivity index (χ1n) is 8.39. The van der Waals surface area contributed by atoms with E-state index in [0.717, 1.165) is 26.1 Å². The molecule has 1 amide bonds. The number of nitrogens with one attached hydrogen (secondary N) is 2. The van der Waals surface area contributed by atoms with Gasteiger partial charge in [0.05, 0.1) is 0 Å². The van der Waals surface area contributed by atoms with Crippen LogP contribution in [0.25, 0.3) is 0 Å². The van der Waals surface area contributed by atoms with Crippen LogP contribution < -0.4 is 11.1 Å². The second-order valence-corrected chi connectivity index (χ2v) is 6.74. The molecular weight excluding hydrogens is 302 g/mol. The van der Waals surface area contributed by atoms with Gasteiger partial charge >= 0.3 is 0 Å². The smallest absolute Gasteiger partial charge is 0.269 e. The van der Waals surface area contributed by atoms with Crippen molar-refractivity contribution in [1.29, 1.82) is 0 Å². The third-order valence-electron chi connectivity index (χ3n) is 4.66. The summed E-state index contributed by atoms with van der Waals surface area (Å²) in [4.78, 5) is 14.5. The first-order chi connectivity index (χ1) is 11.5. The highest BCUT2D eigenvalue weighted by Crippen LogP contribution is 2.20. The predicted molar refractivity (Wildman–Crippen MR) is 94.6 cm³/mol. The molecule has 128 valence electrons. The van der Waals surface area contributed by atoms with Crippen molar-refractivity contribution in [3.05, 3.63) is 46.6 Å². The number of aromatic nitrogens is 2. The van der Waals surface area contributed by atoms with E-state index < -0.39 is 0 Å². The van der Waals surface area contributed by atoms with Crippen LogP contribution >= 0.6 is 0 Å². The predicted octanol–water partition coefficient (Wildman–Crippen LogP) is 1.86. The third-order valence-corrected chi connectivity index (χ3v) is 4.66. The van der Waals surface area contributed by atoms with Crippen molar-refractivity contribution in [3.8, 4) is 0 Å². The van der Waals surface area contributed by atoms with Gasteiger partial charge in [0.25, 0.3) is 5.91 Å². The van der Waals surface area contributed by atoms with Gasteiger partial charge in [0, 0.05) is 25.7 Å². The number of aryl methyl sites for hydroxylation is 2. The van der Waals surface area contributed by atoms with Crippen LogP contribution in [0.2, 0.25) is 0 Å². The lowest BCUT2D eigenvalue weighted by Crippen LogP contribution is -2.31. The van der Waals surface area contributed by atoms with Crippen LogP contribution in [0.4, 0.5) is 5.82 Å². The minimum atomic E-state index is -0.146. The van der Waals surface area contributed by atoms with Crippen molar-refractivity contribution in [2.24, 2.45) is 5.92 Å². The zero-order valence-electron chi connectivity index (χ0n) is 14.3. The highest BCUT2D eigenvalue weighted by Gasteiger charge is 2.23. The van der Waals surface area contributed by atoms with E-state index in [0.29, 0.717) is 24.0 Å². The minimum absolute atomic E-state index is 0.146. The lowest BCUT2D eigenvalue weighted by molar-refractivity contribution is 0.0942. The molecule has 2 aromatic rings. The molecule has 6 heteroatoms. The average molecular weight is 327 g/mol. The number of benzene rings is 1. The number of H-pyrrole nitrogens is 1. The Morgan fingerprint density at radius 2 is 2.25 bits per heavy atom. The Bertz CT molecular complexity index is 724. The van der Waals surface area contributed by atoms with E-state index in [4.69, 9.17) is 5.73 Å². The molecule has 0 bridgehead atoms. The van der Waals surface area contributed by atoms with E-state index in [9.17, 15) is 4.79 Å². The highest BCUT2D eigenvalue weighted by atomic mass is 16.1. The van der Waals surface area contributed by atoms with Gasteiger partial charge < -0.3 is 11.1 Å². The Hall–Kier alpha value is -2.34. The number of nitrogens with zero attached hydrogens (tertiary/aromatic N) is 2. The van der Waals surface area contributed by atoms with Crippen LogP contribution in [0.3, 0.4) is 0 Å². The number of nitrogens with two attached hydrogens (primary N) is 1. The van der Waals surface area contributed by atoms with E-state index >= 15 is 0 Å². The zero-order chi connectivity index (χ0) is 17.1. The van der Waals surface area contributed by atoms with Gasteiger partial charge in [-0.3, -0.25) is 14.8 Å². The molecule has 1 aromatic carbocycles. The fourth-order valence-corrected chi connectivity index (χ4v) is 3.22. The van der Waals surface area contributed by atoms with E-state index in [1.54, 1.807) is 6.07 Å². The Balaban J connectivity index is 1.49. The molecule has 0 unspecified atom stereocenters. The van der Waals surface area contributed by atoms with E-state index in [1.165, 1.54) is 16.7 Å². The Morgan fingerprint density at radius 1 is 1.42 bits per heavy atom. The van der Waals surface area contributed by atoms with E-state index in [2.05, 4.69) is 52.5 Å². The number of nitrogen functional groups attached to an aromatic ring is 1. The summed E-state index contributed by atoms with van der Waals surface area (Å²) in [6.07, 6.45) is 1.11. The molecule has 24 heavy (non-hydrogen) atoms. The molecule has 0 radical (unpaired) electrons. The Labute approximate surface area is 142 Å². The minimum Gasteiger partial charge on any atom is -0.382 e. The van der Waals surface area contributed by atoms with Crippen molar-refractivity contribution < 1.29 is 4.79 Å². The van der Waals surface area contributed by atoms with Gasteiger partial charge in [-0.25, -0.2) is 0 Å². The Kier molecular flexibility index (Phi) is 4.85. The molecule has 0 spiro atoms. The maximum absolute atomic E-state index is 12.0. The number of rotatable bonds is 5. The summed E-state index contributed by atoms with van der Waals surface area (Å²) in [7, 11) is 0. The third kappa shape index (κ3) is 3.94. The van der Waals surface area contributed by atoms with Gasteiger partial charge in [-0.1, -0.05) is 23.8 Å². The molecule has 1 atom stereocenters. The van der Waals surface area contributed by atoms with Gasteiger partial charge in [0.2, 0.25) is 0 Å². The molecule has 1 saturated heterocycles. The fraction of sp³-hybridized carbons (Fsp3) is 0.444. The second kappa shape index (κ2) is 7.05. The van der Waals surface area contributed by atoms with E-state index in [1.807, 2.05) is 0 Å². The molecule has 1 fully saturated rings. The van der Waals surface area contributed by atoms with E-state index in [-0.39, 0.29) is 5.91 Å². The van der Waals surface area contributed by atoms with Gasteiger partial charge in [-0.05, 0) is 43.9 Å². The second-order valence-electron chi connectivity index (χ2n) is 6.74. The van der Waals surface area contributed by atoms with Crippen molar-refractivity contribution in [2.75, 3.05) is 25.4 Å². The number of carbonyl (C=O) groups excluding carboxylic acids is 1. The lowest BCUT2D eigenvalue weighted by Gasteiger charge is -2.18. The summed E-state index contributed by atoms with van der Waals surface area (Å²) in [6.45, 7) is 8.05. The SMILES string of the molecule is Cc1ccc(C)c(CN2CC[C@@H](CNC(=O)c3cc(N)n[nH]3)C2)c1. The molecule has 0 aliphatic carbocycles. The van der Waals surface area contributed by atoms with Crippen LogP contribution in [0, 0.1) is 19.8 Å². The van der Waals surface area contributed by atoms with Crippen molar-refractivity contribution in [3.63, 3.8) is 0 Å². The molecular formula is C18H25N5O. The van der Waals surface area contributed by atoms with Crippen LogP contribution in [0.5, 0.6) is 0 Å². The maximum atomic E-state index is 12.0. The quantitative estimate of drug-likeness (QED) is 0.782. The monoisotopic (exact) mass is 327 g/mol. The zero-order valence-corrected chi connectivity index (χ0v) is 14.3. The average Bonchev–Trinajstić information content (AvgIpc) is 3.18. The first-order valence-corrected chi connectivity index (χ1v) is 8.39. The first kappa shape index (κ1) is 16.5. The molecule has 4 N–H and O–H groups in total.